The van der Waals surface area contributed by atoms with Gasteiger partial charge in [0, 0.05) is 70.0 Å². The normalized spacial score (nSPS) is 26.3. The van der Waals surface area contributed by atoms with Crippen molar-refractivity contribution in [2.45, 2.75) is 114 Å². The quantitative estimate of drug-likeness (QED) is 0.303. The van der Waals surface area contributed by atoms with E-state index in [9.17, 15) is 42.4 Å². The second-order valence-corrected chi connectivity index (χ2v) is 17.6. The molecule has 1 aromatic carbocycles. The van der Waals surface area contributed by atoms with Crippen LogP contribution in [-0.4, -0.2) is 95.1 Å². The molecule has 18 heteroatoms. The van der Waals surface area contributed by atoms with Crippen molar-refractivity contribution in [3.63, 3.8) is 0 Å². The van der Waals surface area contributed by atoms with Gasteiger partial charge in [-0.15, -0.1) is 0 Å². The number of benzene rings is 1. The van der Waals surface area contributed by atoms with Gasteiger partial charge in [0.25, 0.3) is 18.0 Å². The van der Waals surface area contributed by atoms with E-state index in [1.54, 1.807) is 27.0 Å². The number of aliphatic imine (C=N–C) groups is 1. The number of halogens is 1. The fourth-order valence-corrected chi connectivity index (χ4v) is 8.93. The number of rotatable bonds is 7. The van der Waals surface area contributed by atoms with E-state index < -0.39 is 80.4 Å². The highest BCUT2D eigenvalue weighted by atomic mass is 32.2. The van der Waals surface area contributed by atoms with Gasteiger partial charge in [0.1, 0.15) is 23.6 Å². The van der Waals surface area contributed by atoms with E-state index in [1.165, 1.54) is 18.2 Å². The molecule has 5 aliphatic rings. The number of sulfonamides is 1. The number of ketones is 1. The lowest BCUT2D eigenvalue weighted by atomic mass is 9.92. The molecule has 2 N–H and O–H groups in total. The Bertz CT molecular complexity index is 2010. The van der Waals surface area contributed by atoms with Gasteiger partial charge < -0.3 is 14.6 Å². The number of carbonyl (C=O) groups excluding carboxylic acids is 5. The van der Waals surface area contributed by atoms with Crippen LogP contribution in [0.1, 0.15) is 112 Å². The van der Waals surface area contributed by atoms with Crippen molar-refractivity contribution >= 4 is 46.0 Å². The van der Waals surface area contributed by atoms with Crippen LogP contribution >= 0.6 is 0 Å². The van der Waals surface area contributed by atoms with Gasteiger partial charge in [-0.1, -0.05) is 18.7 Å². The van der Waals surface area contributed by atoms with E-state index >= 15 is 4.39 Å². The fourth-order valence-electron chi connectivity index (χ4n) is 7.61. The monoisotopic (exact) mass is 784 g/mol. The summed E-state index contributed by atoms with van der Waals surface area (Å²) in [4.78, 5) is 85.6. The molecule has 2 fully saturated rings. The van der Waals surface area contributed by atoms with Gasteiger partial charge in [0.05, 0.1) is 10.8 Å². The molecule has 5 atom stereocenters. The Labute approximate surface area is 317 Å². The number of nitrogens with zero attached hydrogens (tertiary/aromatic N) is 4. The van der Waals surface area contributed by atoms with Crippen molar-refractivity contribution in [3.05, 3.63) is 63.5 Å². The lowest BCUT2D eigenvalue weighted by Crippen LogP contribution is -2.49. The molecule has 1 saturated heterocycles. The SMILES string of the molecule is C=CC(=O)C1CCC2=C(C2)N=C[C@@H]2CCCN2[C@@H](c2ccc3c(c2F)C(=O)N(C(=O)[O-])[C@H]3C(=O)NS(=O)(=O)C2CC2)CC[N+](=O)[C@H](NC(=O)OC(C)(C)C)C1. The highest BCUT2D eigenvalue weighted by Gasteiger charge is 2.48. The van der Waals surface area contributed by atoms with Gasteiger partial charge in [-0.25, -0.2) is 17.6 Å². The molecule has 2 aliphatic carbocycles. The number of hydrogen-bond donors (Lipinski definition) is 2. The summed E-state index contributed by atoms with van der Waals surface area (Å²) in [5, 5.41) is 14.0. The van der Waals surface area contributed by atoms with Crippen LogP contribution in [0.25, 0.3) is 0 Å². The van der Waals surface area contributed by atoms with Crippen LogP contribution in [0.3, 0.4) is 0 Å². The molecule has 1 unspecified atom stereocenters. The summed E-state index contributed by atoms with van der Waals surface area (Å²) in [6, 6.07) is -0.727. The molecule has 3 heterocycles. The molecular weight excluding hydrogens is 740 g/mol. The zero-order valence-corrected chi connectivity index (χ0v) is 31.7. The number of amides is 4. The van der Waals surface area contributed by atoms with Crippen molar-refractivity contribution < 1.29 is 51.4 Å². The van der Waals surface area contributed by atoms with Crippen LogP contribution < -0.4 is 15.1 Å². The average molecular weight is 785 g/mol. The topological polar surface area (TPSA) is 215 Å². The molecule has 0 bridgehead atoms. The van der Waals surface area contributed by atoms with E-state index in [1.807, 2.05) is 9.62 Å². The van der Waals surface area contributed by atoms with Crippen molar-refractivity contribution in [1.82, 2.24) is 19.8 Å². The Morgan fingerprint density at radius 2 is 1.82 bits per heavy atom. The molecule has 296 valence electrons. The first-order chi connectivity index (χ1) is 25.9. The summed E-state index contributed by atoms with van der Waals surface area (Å²) in [5.74, 6) is -4.84. The maximum Gasteiger partial charge on any atom is 0.412 e. The number of carboxylic acid groups (broad SMARTS) is 1. The fraction of sp³-hybridized carbons (Fsp3) is 0.568. The standard InChI is InChI=1S/C37H45FN6O10S/c1-5-28(45)21-9-8-20-17-26(20)39-19-22-7-6-15-42(22)27(14-16-43(51)29(18-21)40-35(48)54-37(2,3)4)24-12-13-25-30(31(24)38)34(47)44(36(49)50)32(25)33(46)41-55(52,53)23-10-11-23/h5,12-13,19,21-23,27,29,32H,1,6-11,14-18H2,2-4H3,(H2-,40,41,46,48,49,50)/t21?,22-,27+,29-,32+/m0/s1. The summed E-state index contributed by atoms with van der Waals surface area (Å²) in [5.41, 5.74) is -0.131. The first kappa shape index (κ1) is 39.8. The van der Waals surface area contributed by atoms with E-state index in [-0.39, 0.29) is 47.2 Å². The average Bonchev–Trinajstić information content (AvgIpc) is 4.02. The minimum absolute atomic E-state index is 0.00524. The van der Waals surface area contributed by atoms with Gasteiger partial charge in [-0.05, 0) is 77.5 Å². The maximum atomic E-state index is 16.9. The third kappa shape index (κ3) is 8.69. The van der Waals surface area contributed by atoms with Crippen LogP contribution in [0.5, 0.6) is 0 Å². The zero-order chi connectivity index (χ0) is 40.0. The van der Waals surface area contributed by atoms with Gasteiger partial charge in [-0.3, -0.25) is 39.2 Å². The Hall–Kier alpha value is -4.84. The molecule has 3 aliphatic heterocycles. The number of fused-ring (bicyclic) bond motifs is 2. The summed E-state index contributed by atoms with van der Waals surface area (Å²) in [7, 11) is -4.16. The summed E-state index contributed by atoms with van der Waals surface area (Å²) >= 11 is 0. The molecule has 4 amide bonds. The molecule has 16 nitrogen and oxygen atoms in total. The van der Waals surface area contributed by atoms with E-state index in [4.69, 9.17) is 9.73 Å². The van der Waals surface area contributed by atoms with Crippen molar-refractivity contribution in [2.24, 2.45) is 10.9 Å². The maximum absolute atomic E-state index is 16.9. The van der Waals surface area contributed by atoms with Crippen LogP contribution in [0.2, 0.25) is 0 Å². The zero-order valence-electron chi connectivity index (χ0n) is 30.9. The number of imide groups is 1. The van der Waals surface area contributed by atoms with Gasteiger partial charge in [0.2, 0.25) is 10.0 Å². The number of nitrogens with one attached hydrogen (secondary N) is 2. The number of hydrogen-bond acceptors (Lipinski definition) is 12. The molecule has 6 rings (SSSR count). The third-order valence-corrected chi connectivity index (χ3v) is 12.4. The molecule has 0 radical (unpaired) electrons. The lowest BCUT2D eigenvalue weighted by molar-refractivity contribution is -0.593. The minimum atomic E-state index is -4.16. The highest BCUT2D eigenvalue weighted by molar-refractivity contribution is 7.90. The molecule has 1 aromatic rings. The van der Waals surface area contributed by atoms with E-state index in [0.29, 0.717) is 56.3 Å². The smallest absolute Gasteiger partial charge is 0.412 e. The summed E-state index contributed by atoms with van der Waals surface area (Å²) in [6.45, 7) is 8.75. The first-order valence-electron chi connectivity index (χ1n) is 18.4. The lowest BCUT2D eigenvalue weighted by Gasteiger charge is -2.32. The number of carbonyl (C=O) groups is 5. The molecule has 0 spiro atoms. The summed E-state index contributed by atoms with van der Waals surface area (Å²) < 4.78 is 49.9. The Morgan fingerprint density at radius 3 is 2.47 bits per heavy atom. The van der Waals surface area contributed by atoms with Gasteiger partial charge in [0.15, 0.2) is 12.3 Å². The van der Waals surface area contributed by atoms with Crippen LogP contribution in [0.15, 0.2) is 41.1 Å². The third-order valence-electron chi connectivity index (χ3n) is 10.6. The van der Waals surface area contributed by atoms with Crippen molar-refractivity contribution in [3.8, 4) is 0 Å². The predicted molar refractivity (Wildman–Crippen MR) is 192 cm³/mol. The van der Waals surface area contributed by atoms with Crippen molar-refractivity contribution in [1.29, 1.82) is 0 Å². The number of alkyl carbamates (subject to hydrolysis) is 1. The molecular formula is C37H45FN6O10S. The number of ether oxygens (including phenoxy) is 1. The number of allylic oxidation sites excluding steroid dienone is 3. The van der Waals surface area contributed by atoms with E-state index in [2.05, 4.69) is 11.9 Å². The highest BCUT2D eigenvalue weighted by Crippen LogP contribution is 2.42. The largest absolute Gasteiger partial charge is 0.530 e. The predicted octanol–water partition coefficient (Wildman–Crippen LogP) is 3.08. The first-order valence-corrected chi connectivity index (χ1v) is 20.0. The van der Waals surface area contributed by atoms with E-state index in [0.717, 1.165) is 11.3 Å². The number of nitroso groups, excluding NO2 is 1. The second kappa shape index (κ2) is 15.4. The van der Waals surface area contributed by atoms with Crippen LogP contribution in [-0.2, 0) is 24.3 Å². The second-order valence-electron chi connectivity index (χ2n) is 15.6. The Morgan fingerprint density at radius 1 is 1.11 bits per heavy atom. The molecule has 0 aromatic heterocycles. The Balaban J connectivity index is 1.37. The Kier molecular flexibility index (Phi) is 11.1. The van der Waals surface area contributed by atoms with Gasteiger partial charge >= 0.3 is 6.09 Å². The van der Waals surface area contributed by atoms with Crippen LogP contribution in [0.4, 0.5) is 14.0 Å². The minimum Gasteiger partial charge on any atom is -0.530 e. The molecule has 1 saturated carbocycles. The van der Waals surface area contributed by atoms with Gasteiger partial charge in [-0.2, -0.15) is 0 Å². The summed E-state index contributed by atoms with van der Waals surface area (Å²) in [6.07, 6.45) is 2.11. The molecule has 55 heavy (non-hydrogen) atoms. The van der Waals surface area contributed by atoms with Crippen molar-refractivity contribution in [2.75, 3.05) is 13.1 Å². The van der Waals surface area contributed by atoms with Crippen LogP contribution in [0, 0.1) is 16.6 Å².